The standard InChI is InChI=1S/C23H36N2O2.2ClH/c1-4-5-8-15-14-25-20-10-7-6-9-16(20)17-11-22(26-2)23(27-3)12-18(17)21(25)13-19(15)24;;/h11-12,15-16,19-21H,4-10,13-14,24H2,1-3H3;2*1H/t15-,16+,19+,20?,21?;;/m1../s1. The largest absolute Gasteiger partial charge is 0.493 e. The van der Waals surface area contributed by atoms with E-state index in [1.165, 1.54) is 62.6 Å². The van der Waals surface area contributed by atoms with Gasteiger partial charge in [0.15, 0.2) is 11.5 Å². The number of ether oxygens (including phenoxy) is 2. The zero-order chi connectivity index (χ0) is 19.0. The van der Waals surface area contributed by atoms with Crippen molar-refractivity contribution in [3.63, 3.8) is 0 Å². The number of piperidine rings is 1. The van der Waals surface area contributed by atoms with E-state index >= 15 is 0 Å². The molecule has 1 aromatic rings. The Morgan fingerprint density at radius 3 is 2.34 bits per heavy atom. The van der Waals surface area contributed by atoms with Crippen LogP contribution in [0.15, 0.2) is 12.1 Å². The van der Waals surface area contributed by atoms with Crippen molar-refractivity contribution in [2.24, 2.45) is 11.7 Å². The van der Waals surface area contributed by atoms with Crippen LogP contribution < -0.4 is 15.2 Å². The molecule has 3 aliphatic rings. The number of hydrogen-bond donors (Lipinski definition) is 1. The lowest BCUT2D eigenvalue weighted by Gasteiger charge is -2.54. The molecule has 0 bridgehead atoms. The summed E-state index contributed by atoms with van der Waals surface area (Å²) in [5.41, 5.74) is 9.64. The van der Waals surface area contributed by atoms with Crippen molar-refractivity contribution in [1.82, 2.24) is 4.90 Å². The Morgan fingerprint density at radius 1 is 1.03 bits per heavy atom. The number of benzene rings is 1. The van der Waals surface area contributed by atoms with Gasteiger partial charge in [-0.05, 0) is 60.8 Å². The van der Waals surface area contributed by atoms with Crippen LogP contribution in [0.1, 0.15) is 81.4 Å². The molecule has 5 atom stereocenters. The van der Waals surface area contributed by atoms with Crippen LogP contribution >= 0.6 is 24.8 Å². The summed E-state index contributed by atoms with van der Waals surface area (Å²) >= 11 is 0. The van der Waals surface area contributed by atoms with Gasteiger partial charge < -0.3 is 15.2 Å². The number of nitrogens with two attached hydrogens (primary N) is 1. The van der Waals surface area contributed by atoms with E-state index in [-0.39, 0.29) is 24.8 Å². The smallest absolute Gasteiger partial charge is 0.161 e. The van der Waals surface area contributed by atoms with E-state index < -0.39 is 0 Å². The molecule has 1 saturated heterocycles. The highest BCUT2D eigenvalue weighted by Gasteiger charge is 2.46. The highest BCUT2D eigenvalue weighted by molar-refractivity contribution is 5.85. The van der Waals surface area contributed by atoms with Crippen molar-refractivity contribution in [2.45, 2.75) is 82.3 Å². The van der Waals surface area contributed by atoms with Crippen molar-refractivity contribution in [2.75, 3.05) is 20.8 Å². The van der Waals surface area contributed by atoms with Gasteiger partial charge in [-0.3, -0.25) is 4.90 Å². The maximum absolute atomic E-state index is 6.70. The van der Waals surface area contributed by atoms with Gasteiger partial charge in [0.25, 0.3) is 0 Å². The average molecular weight is 445 g/mol. The maximum atomic E-state index is 6.70. The fraction of sp³-hybridized carbons (Fsp3) is 0.739. The van der Waals surface area contributed by atoms with Gasteiger partial charge in [-0.15, -0.1) is 24.8 Å². The minimum absolute atomic E-state index is 0. The van der Waals surface area contributed by atoms with Crippen LogP contribution in [-0.2, 0) is 0 Å². The number of unbranched alkanes of at least 4 members (excludes halogenated alkanes) is 1. The molecule has 2 N–H and O–H groups in total. The summed E-state index contributed by atoms with van der Waals surface area (Å²) in [6.45, 7) is 3.45. The monoisotopic (exact) mass is 444 g/mol. The molecule has 0 radical (unpaired) electrons. The van der Waals surface area contributed by atoms with Crippen LogP contribution in [0.2, 0.25) is 0 Å². The number of hydrogen-bond acceptors (Lipinski definition) is 4. The Labute approximate surface area is 188 Å². The first-order valence-corrected chi connectivity index (χ1v) is 10.9. The van der Waals surface area contributed by atoms with Gasteiger partial charge in [-0.2, -0.15) is 0 Å². The summed E-state index contributed by atoms with van der Waals surface area (Å²) < 4.78 is 11.3. The van der Waals surface area contributed by atoms with Gasteiger partial charge in [0, 0.05) is 24.7 Å². The molecule has 2 unspecified atom stereocenters. The van der Waals surface area contributed by atoms with Gasteiger partial charge in [0.05, 0.1) is 14.2 Å². The van der Waals surface area contributed by atoms with E-state index in [0.29, 0.717) is 30.0 Å². The van der Waals surface area contributed by atoms with E-state index in [1.807, 2.05) is 0 Å². The number of methoxy groups -OCH3 is 2. The fourth-order valence-electron chi connectivity index (χ4n) is 5.95. The molecular weight excluding hydrogens is 407 g/mol. The molecule has 0 amide bonds. The molecular formula is C23H38Cl2N2O2. The zero-order valence-electron chi connectivity index (χ0n) is 18.1. The minimum Gasteiger partial charge on any atom is -0.493 e. The molecule has 6 heteroatoms. The Kier molecular flexibility index (Phi) is 8.96. The van der Waals surface area contributed by atoms with Crippen LogP contribution in [0, 0.1) is 5.92 Å². The molecule has 0 aromatic heterocycles. The highest BCUT2D eigenvalue weighted by Crippen LogP contribution is 2.52. The fourth-order valence-corrected chi connectivity index (χ4v) is 5.95. The second kappa shape index (κ2) is 10.6. The molecule has 2 heterocycles. The first kappa shape index (κ1) is 24.6. The molecule has 166 valence electrons. The first-order chi connectivity index (χ1) is 13.2. The Balaban J connectivity index is 0.00000150. The minimum atomic E-state index is 0. The number of nitrogens with zero attached hydrogens (tertiary/aromatic N) is 1. The molecule has 4 nitrogen and oxygen atoms in total. The Morgan fingerprint density at radius 2 is 1.69 bits per heavy atom. The maximum Gasteiger partial charge on any atom is 0.161 e. The molecule has 4 rings (SSSR count). The van der Waals surface area contributed by atoms with E-state index in [4.69, 9.17) is 15.2 Å². The first-order valence-electron chi connectivity index (χ1n) is 10.9. The van der Waals surface area contributed by atoms with Crippen molar-refractivity contribution in [3.8, 4) is 11.5 Å². The second-order valence-corrected chi connectivity index (χ2v) is 8.81. The zero-order valence-corrected chi connectivity index (χ0v) is 19.7. The van der Waals surface area contributed by atoms with Crippen LogP contribution in [0.5, 0.6) is 11.5 Å². The van der Waals surface area contributed by atoms with E-state index in [9.17, 15) is 0 Å². The van der Waals surface area contributed by atoms with Crippen LogP contribution in [0.4, 0.5) is 0 Å². The van der Waals surface area contributed by atoms with Gasteiger partial charge in [-0.1, -0.05) is 32.6 Å². The SMILES string of the molecule is CCCC[C@@H]1CN2C(C[C@@H]1N)c1cc(OC)c(OC)cc1[C@@H]1CCCCC12.Cl.Cl. The summed E-state index contributed by atoms with van der Waals surface area (Å²) in [4.78, 5) is 2.84. The van der Waals surface area contributed by atoms with Crippen LogP contribution in [0.3, 0.4) is 0 Å². The molecule has 1 saturated carbocycles. The average Bonchev–Trinajstić information content (AvgIpc) is 2.71. The number of fused-ring (bicyclic) bond motifs is 6. The van der Waals surface area contributed by atoms with Crippen LogP contribution in [-0.4, -0.2) is 37.7 Å². The third-order valence-corrected chi connectivity index (χ3v) is 7.38. The quantitative estimate of drug-likeness (QED) is 0.653. The van der Waals surface area contributed by atoms with Crippen LogP contribution in [0.25, 0.3) is 0 Å². The molecule has 29 heavy (non-hydrogen) atoms. The predicted octanol–water partition coefficient (Wildman–Crippen LogP) is 5.47. The predicted molar refractivity (Wildman–Crippen MR) is 124 cm³/mol. The lowest BCUT2D eigenvalue weighted by atomic mass is 9.69. The molecule has 1 aliphatic carbocycles. The third kappa shape index (κ3) is 4.51. The topological polar surface area (TPSA) is 47.7 Å². The second-order valence-electron chi connectivity index (χ2n) is 8.81. The highest BCUT2D eigenvalue weighted by atomic mass is 35.5. The summed E-state index contributed by atoms with van der Waals surface area (Å²) in [6, 6.07) is 5.93. The number of halogens is 2. The number of rotatable bonds is 5. The summed E-state index contributed by atoms with van der Waals surface area (Å²) in [5, 5.41) is 0. The molecule has 0 spiro atoms. The summed E-state index contributed by atoms with van der Waals surface area (Å²) in [5.74, 6) is 3.00. The van der Waals surface area contributed by atoms with E-state index in [1.54, 1.807) is 14.2 Å². The molecule has 2 fully saturated rings. The van der Waals surface area contributed by atoms with Crippen molar-refractivity contribution in [1.29, 1.82) is 0 Å². The van der Waals surface area contributed by atoms with E-state index in [0.717, 1.165) is 17.9 Å². The van der Waals surface area contributed by atoms with E-state index in [2.05, 4.69) is 24.0 Å². The lowest BCUT2D eigenvalue weighted by molar-refractivity contribution is 0.00839. The summed E-state index contributed by atoms with van der Waals surface area (Å²) in [6.07, 6.45) is 10.2. The van der Waals surface area contributed by atoms with Gasteiger partial charge >= 0.3 is 0 Å². The molecule has 2 aliphatic heterocycles. The Hall–Kier alpha value is -0.680. The van der Waals surface area contributed by atoms with Crippen molar-refractivity contribution in [3.05, 3.63) is 23.3 Å². The third-order valence-electron chi connectivity index (χ3n) is 7.38. The van der Waals surface area contributed by atoms with Crippen molar-refractivity contribution < 1.29 is 9.47 Å². The van der Waals surface area contributed by atoms with Gasteiger partial charge in [0.2, 0.25) is 0 Å². The molecule has 1 aromatic carbocycles. The van der Waals surface area contributed by atoms with Crippen molar-refractivity contribution >= 4 is 24.8 Å². The van der Waals surface area contributed by atoms with Gasteiger partial charge in [-0.25, -0.2) is 0 Å². The summed E-state index contributed by atoms with van der Waals surface area (Å²) in [7, 11) is 3.48. The lowest BCUT2D eigenvalue weighted by Crippen LogP contribution is -2.56. The van der Waals surface area contributed by atoms with Gasteiger partial charge in [0.1, 0.15) is 0 Å². The normalized spacial score (nSPS) is 30.7. The Bertz CT molecular complexity index is 673.